The maximum absolute atomic E-state index is 13.4. The standard InChI is InChI=1S/C22H22BrN3O2/c1-2-25-10-12-26(13-11-25)20-19(24-16-7-5-6-15(23)14-16)21(27)17-8-3-4-9-18(17)22(20)28/h3-9,14,24H,2,10-13H2,1H3. The Hall–Kier alpha value is -2.44. The summed E-state index contributed by atoms with van der Waals surface area (Å²) < 4.78 is 0.909. The summed E-state index contributed by atoms with van der Waals surface area (Å²) in [4.78, 5) is 31.1. The lowest BCUT2D eigenvalue weighted by Crippen LogP contribution is -2.48. The Morgan fingerprint density at radius 3 is 2.25 bits per heavy atom. The van der Waals surface area contributed by atoms with Crippen LogP contribution < -0.4 is 5.32 Å². The maximum Gasteiger partial charge on any atom is 0.212 e. The molecule has 28 heavy (non-hydrogen) atoms. The van der Waals surface area contributed by atoms with Gasteiger partial charge in [-0.05, 0) is 24.7 Å². The molecule has 0 spiro atoms. The van der Waals surface area contributed by atoms with Gasteiger partial charge in [0.1, 0.15) is 11.4 Å². The number of hydrogen-bond acceptors (Lipinski definition) is 5. The van der Waals surface area contributed by atoms with Crippen molar-refractivity contribution in [3.63, 3.8) is 0 Å². The lowest BCUT2D eigenvalue weighted by atomic mass is 9.89. The molecular formula is C22H22BrN3O2. The highest BCUT2D eigenvalue weighted by Crippen LogP contribution is 2.30. The third-order valence-corrected chi connectivity index (χ3v) is 5.82. The Morgan fingerprint density at radius 1 is 0.929 bits per heavy atom. The number of fused-ring (bicyclic) bond motifs is 1. The minimum Gasteiger partial charge on any atom is -0.364 e. The third-order valence-electron chi connectivity index (χ3n) is 5.32. The predicted molar refractivity (Wildman–Crippen MR) is 114 cm³/mol. The second-order valence-electron chi connectivity index (χ2n) is 6.98. The van der Waals surface area contributed by atoms with E-state index in [9.17, 15) is 9.59 Å². The van der Waals surface area contributed by atoms with E-state index in [-0.39, 0.29) is 11.6 Å². The lowest BCUT2D eigenvalue weighted by molar-refractivity contribution is 0.0909. The van der Waals surface area contributed by atoms with Crippen molar-refractivity contribution in [2.45, 2.75) is 6.92 Å². The van der Waals surface area contributed by atoms with Crippen molar-refractivity contribution in [3.05, 3.63) is 75.5 Å². The topological polar surface area (TPSA) is 52.6 Å². The number of nitrogens with one attached hydrogen (secondary N) is 1. The van der Waals surface area contributed by atoms with Crippen molar-refractivity contribution < 1.29 is 9.59 Å². The molecule has 0 amide bonds. The zero-order valence-corrected chi connectivity index (χ0v) is 17.3. The van der Waals surface area contributed by atoms with Gasteiger partial charge in [0.25, 0.3) is 0 Å². The molecule has 0 bridgehead atoms. The van der Waals surface area contributed by atoms with Crippen molar-refractivity contribution in [2.24, 2.45) is 0 Å². The Morgan fingerprint density at radius 2 is 1.61 bits per heavy atom. The normalized spacial score (nSPS) is 17.7. The highest BCUT2D eigenvalue weighted by Gasteiger charge is 2.36. The summed E-state index contributed by atoms with van der Waals surface area (Å²) in [6.07, 6.45) is 0. The smallest absolute Gasteiger partial charge is 0.212 e. The second-order valence-corrected chi connectivity index (χ2v) is 7.90. The summed E-state index contributed by atoms with van der Waals surface area (Å²) in [5.41, 5.74) is 2.57. The number of nitrogens with zero attached hydrogens (tertiary/aromatic N) is 2. The number of likely N-dealkylation sites (N-methyl/N-ethyl adjacent to an activating group) is 1. The Balaban J connectivity index is 1.77. The minimum absolute atomic E-state index is 0.0855. The van der Waals surface area contributed by atoms with Crippen LogP contribution in [0.3, 0.4) is 0 Å². The summed E-state index contributed by atoms with van der Waals surface area (Å²) in [5, 5.41) is 3.24. The first-order valence-electron chi connectivity index (χ1n) is 9.51. The molecule has 0 unspecified atom stereocenters. The van der Waals surface area contributed by atoms with Crippen LogP contribution in [-0.4, -0.2) is 54.1 Å². The summed E-state index contributed by atoms with van der Waals surface area (Å²) in [6, 6.07) is 14.7. The molecule has 1 N–H and O–H groups in total. The quantitative estimate of drug-likeness (QED) is 0.784. The summed E-state index contributed by atoms with van der Waals surface area (Å²) >= 11 is 3.46. The average Bonchev–Trinajstić information content (AvgIpc) is 2.72. The van der Waals surface area contributed by atoms with Crippen LogP contribution in [0.1, 0.15) is 27.6 Å². The van der Waals surface area contributed by atoms with Gasteiger partial charge in [-0.25, -0.2) is 0 Å². The summed E-state index contributed by atoms with van der Waals surface area (Å²) in [5.74, 6) is -0.222. The number of ketones is 2. The molecule has 0 aromatic heterocycles. The van der Waals surface area contributed by atoms with Crippen molar-refractivity contribution in [1.29, 1.82) is 0 Å². The van der Waals surface area contributed by atoms with Gasteiger partial charge in [0.2, 0.25) is 11.6 Å². The van der Waals surface area contributed by atoms with Crippen LogP contribution in [-0.2, 0) is 0 Å². The molecule has 4 rings (SSSR count). The van der Waals surface area contributed by atoms with Crippen LogP contribution in [0.15, 0.2) is 64.4 Å². The number of Topliss-reactive ketones (excluding diaryl/α,β-unsaturated/α-hetero) is 2. The van der Waals surface area contributed by atoms with Crippen molar-refractivity contribution in [1.82, 2.24) is 9.80 Å². The van der Waals surface area contributed by atoms with E-state index in [1.165, 1.54) is 0 Å². The first-order chi connectivity index (χ1) is 13.6. The molecule has 1 heterocycles. The highest BCUT2D eigenvalue weighted by atomic mass is 79.9. The van der Waals surface area contributed by atoms with Crippen LogP contribution in [0.25, 0.3) is 0 Å². The first-order valence-corrected chi connectivity index (χ1v) is 10.3. The van der Waals surface area contributed by atoms with Gasteiger partial charge < -0.3 is 15.1 Å². The van der Waals surface area contributed by atoms with E-state index in [2.05, 4.69) is 38.0 Å². The fourth-order valence-electron chi connectivity index (χ4n) is 3.78. The van der Waals surface area contributed by atoms with Gasteiger partial charge in [-0.1, -0.05) is 53.2 Å². The van der Waals surface area contributed by atoms with Crippen LogP contribution in [0.5, 0.6) is 0 Å². The van der Waals surface area contributed by atoms with E-state index in [1.54, 1.807) is 18.2 Å². The third kappa shape index (κ3) is 3.50. The van der Waals surface area contributed by atoms with E-state index < -0.39 is 0 Å². The molecule has 2 aliphatic rings. The van der Waals surface area contributed by atoms with Gasteiger partial charge in [0, 0.05) is 47.5 Å². The molecule has 2 aromatic rings. The Bertz CT molecular complexity index is 962. The number of hydrogen-bond donors (Lipinski definition) is 1. The largest absolute Gasteiger partial charge is 0.364 e. The zero-order valence-electron chi connectivity index (χ0n) is 15.7. The second kappa shape index (κ2) is 7.89. The molecule has 1 aliphatic carbocycles. The molecule has 1 saturated heterocycles. The highest BCUT2D eigenvalue weighted by molar-refractivity contribution is 9.10. The van der Waals surface area contributed by atoms with E-state index in [0.717, 1.165) is 42.9 Å². The molecule has 0 radical (unpaired) electrons. The fourth-order valence-corrected chi connectivity index (χ4v) is 4.18. The molecule has 144 valence electrons. The van der Waals surface area contributed by atoms with Gasteiger partial charge in [0.05, 0.1) is 0 Å². The number of allylic oxidation sites excluding steroid dienone is 2. The number of carbonyl (C=O) groups excluding carboxylic acids is 2. The van der Waals surface area contributed by atoms with Crippen LogP contribution in [0, 0.1) is 0 Å². The lowest BCUT2D eigenvalue weighted by Gasteiger charge is -2.38. The Kier molecular flexibility index (Phi) is 5.33. The maximum atomic E-state index is 13.4. The van der Waals surface area contributed by atoms with Gasteiger partial charge in [-0.3, -0.25) is 9.59 Å². The molecule has 5 nitrogen and oxygen atoms in total. The summed E-state index contributed by atoms with van der Waals surface area (Å²) in [7, 11) is 0. The number of benzene rings is 2. The zero-order chi connectivity index (χ0) is 19.7. The van der Waals surface area contributed by atoms with Gasteiger partial charge >= 0.3 is 0 Å². The SMILES string of the molecule is CCN1CCN(C2=C(Nc3cccc(Br)c3)C(=O)c3ccccc3C2=O)CC1. The minimum atomic E-state index is -0.136. The first kappa shape index (κ1) is 18.9. The van der Waals surface area contributed by atoms with E-state index in [1.807, 2.05) is 30.3 Å². The van der Waals surface area contributed by atoms with E-state index in [0.29, 0.717) is 22.5 Å². The van der Waals surface area contributed by atoms with E-state index >= 15 is 0 Å². The number of halogens is 1. The number of rotatable bonds is 4. The van der Waals surface area contributed by atoms with Crippen molar-refractivity contribution in [2.75, 3.05) is 38.0 Å². The molecule has 0 atom stereocenters. The molecule has 2 aromatic carbocycles. The van der Waals surface area contributed by atoms with Crippen molar-refractivity contribution in [3.8, 4) is 0 Å². The number of carbonyl (C=O) groups is 2. The molecule has 1 fully saturated rings. The predicted octanol–water partition coefficient (Wildman–Crippen LogP) is 3.79. The van der Waals surface area contributed by atoms with Crippen LogP contribution >= 0.6 is 15.9 Å². The number of piperazine rings is 1. The van der Waals surface area contributed by atoms with E-state index in [4.69, 9.17) is 0 Å². The van der Waals surface area contributed by atoms with Crippen molar-refractivity contribution >= 4 is 33.2 Å². The van der Waals surface area contributed by atoms with Crippen LogP contribution in [0.2, 0.25) is 0 Å². The fraction of sp³-hybridized carbons (Fsp3) is 0.273. The number of anilines is 1. The van der Waals surface area contributed by atoms with Crippen LogP contribution in [0.4, 0.5) is 5.69 Å². The molecule has 0 saturated carbocycles. The average molecular weight is 440 g/mol. The molecule has 1 aliphatic heterocycles. The van der Waals surface area contributed by atoms with Gasteiger partial charge in [0.15, 0.2) is 0 Å². The Labute approximate surface area is 173 Å². The monoisotopic (exact) mass is 439 g/mol. The van der Waals surface area contributed by atoms with Gasteiger partial charge in [-0.15, -0.1) is 0 Å². The molecule has 6 heteroatoms. The summed E-state index contributed by atoms with van der Waals surface area (Å²) in [6.45, 7) is 6.36. The molecular weight excluding hydrogens is 418 g/mol. The van der Waals surface area contributed by atoms with Gasteiger partial charge in [-0.2, -0.15) is 0 Å².